The van der Waals surface area contributed by atoms with Crippen molar-refractivity contribution in [2.75, 3.05) is 20.2 Å². The standard InChI is InChI=1S/C10H17NO/c1-5-10(2,3)11-7-6-9(8-11)12-4/h1,9H,6-8H2,2-4H3. The lowest BCUT2D eigenvalue weighted by Crippen LogP contribution is -2.41. The van der Waals surface area contributed by atoms with Gasteiger partial charge in [-0.25, -0.2) is 0 Å². The minimum atomic E-state index is -0.118. The third-order valence-electron chi connectivity index (χ3n) is 2.62. The molecule has 0 amide bonds. The molecule has 2 heteroatoms. The van der Waals surface area contributed by atoms with Crippen LogP contribution < -0.4 is 0 Å². The second-order valence-electron chi connectivity index (χ2n) is 3.80. The van der Waals surface area contributed by atoms with Crippen molar-refractivity contribution >= 4 is 0 Å². The highest BCUT2D eigenvalue weighted by molar-refractivity contribution is 5.09. The summed E-state index contributed by atoms with van der Waals surface area (Å²) in [6.45, 7) is 6.17. The first-order valence-corrected chi connectivity index (χ1v) is 4.36. The van der Waals surface area contributed by atoms with Crippen molar-refractivity contribution in [3.05, 3.63) is 0 Å². The van der Waals surface area contributed by atoms with E-state index in [2.05, 4.69) is 24.7 Å². The molecular formula is C10H17NO. The molecule has 0 aromatic rings. The summed E-state index contributed by atoms with van der Waals surface area (Å²) >= 11 is 0. The van der Waals surface area contributed by atoms with E-state index < -0.39 is 0 Å². The number of nitrogens with zero attached hydrogens (tertiary/aromatic N) is 1. The summed E-state index contributed by atoms with van der Waals surface area (Å²) in [6, 6.07) is 0. The van der Waals surface area contributed by atoms with Crippen LogP contribution in [-0.4, -0.2) is 36.7 Å². The van der Waals surface area contributed by atoms with Crippen molar-refractivity contribution in [3.8, 4) is 12.3 Å². The van der Waals surface area contributed by atoms with Crippen LogP contribution in [0.3, 0.4) is 0 Å². The number of likely N-dealkylation sites (tertiary alicyclic amines) is 1. The summed E-state index contributed by atoms with van der Waals surface area (Å²) in [5.74, 6) is 2.80. The van der Waals surface area contributed by atoms with Gasteiger partial charge in [-0.2, -0.15) is 0 Å². The van der Waals surface area contributed by atoms with Crippen molar-refractivity contribution in [3.63, 3.8) is 0 Å². The first-order chi connectivity index (χ1) is 5.60. The number of ether oxygens (including phenoxy) is 1. The summed E-state index contributed by atoms with van der Waals surface area (Å²) in [6.07, 6.45) is 6.91. The Balaban J connectivity index is 2.53. The molecule has 1 unspecified atom stereocenters. The minimum absolute atomic E-state index is 0.118. The van der Waals surface area contributed by atoms with Gasteiger partial charge in [-0.15, -0.1) is 6.42 Å². The van der Waals surface area contributed by atoms with Crippen molar-refractivity contribution in [2.24, 2.45) is 0 Å². The predicted molar refractivity (Wildman–Crippen MR) is 49.9 cm³/mol. The largest absolute Gasteiger partial charge is 0.380 e. The molecule has 0 radical (unpaired) electrons. The summed E-state index contributed by atoms with van der Waals surface area (Å²) in [5, 5.41) is 0. The Morgan fingerprint density at radius 1 is 1.58 bits per heavy atom. The van der Waals surface area contributed by atoms with Crippen LogP contribution in [0, 0.1) is 12.3 Å². The van der Waals surface area contributed by atoms with Gasteiger partial charge in [-0.05, 0) is 20.3 Å². The average molecular weight is 167 g/mol. The van der Waals surface area contributed by atoms with Crippen LogP contribution in [0.15, 0.2) is 0 Å². The first-order valence-electron chi connectivity index (χ1n) is 4.36. The van der Waals surface area contributed by atoms with E-state index in [1.54, 1.807) is 7.11 Å². The van der Waals surface area contributed by atoms with Gasteiger partial charge >= 0.3 is 0 Å². The molecule has 0 saturated carbocycles. The summed E-state index contributed by atoms with van der Waals surface area (Å²) in [7, 11) is 1.76. The molecule has 1 heterocycles. The molecule has 0 N–H and O–H groups in total. The molecule has 68 valence electrons. The Morgan fingerprint density at radius 2 is 2.25 bits per heavy atom. The summed E-state index contributed by atoms with van der Waals surface area (Å²) in [5.41, 5.74) is -0.118. The maximum absolute atomic E-state index is 5.44. The summed E-state index contributed by atoms with van der Waals surface area (Å²) in [4.78, 5) is 2.29. The highest BCUT2D eigenvalue weighted by atomic mass is 16.5. The Bertz CT molecular complexity index is 193. The van der Waals surface area contributed by atoms with Gasteiger partial charge in [0.25, 0.3) is 0 Å². The highest BCUT2D eigenvalue weighted by Crippen LogP contribution is 2.21. The van der Waals surface area contributed by atoms with Gasteiger partial charge in [0.15, 0.2) is 0 Å². The predicted octanol–water partition coefficient (Wildman–Crippen LogP) is 1.12. The third-order valence-corrected chi connectivity index (χ3v) is 2.62. The van der Waals surface area contributed by atoms with Gasteiger partial charge in [0.05, 0.1) is 11.6 Å². The Hall–Kier alpha value is -0.520. The van der Waals surface area contributed by atoms with Crippen LogP contribution in [-0.2, 0) is 4.74 Å². The van der Waals surface area contributed by atoms with Gasteiger partial charge in [-0.1, -0.05) is 5.92 Å². The molecule has 1 saturated heterocycles. The molecule has 0 spiro atoms. The van der Waals surface area contributed by atoms with E-state index in [-0.39, 0.29) is 5.54 Å². The first kappa shape index (κ1) is 9.57. The lowest BCUT2D eigenvalue weighted by Gasteiger charge is -2.30. The smallest absolute Gasteiger partial charge is 0.0767 e. The third kappa shape index (κ3) is 1.80. The number of terminal acetylenes is 1. The Labute approximate surface area is 74.9 Å². The van der Waals surface area contributed by atoms with Crippen molar-refractivity contribution in [1.29, 1.82) is 0 Å². The molecule has 0 aromatic carbocycles. The van der Waals surface area contributed by atoms with Crippen LogP contribution >= 0.6 is 0 Å². The van der Waals surface area contributed by atoms with E-state index in [4.69, 9.17) is 11.2 Å². The zero-order valence-electron chi connectivity index (χ0n) is 8.13. The maximum Gasteiger partial charge on any atom is 0.0767 e. The topological polar surface area (TPSA) is 12.5 Å². The van der Waals surface area contributed by atoms with E-state index in [0.717, 1.165) is 19.5 Å². The van der Waals surface area contributed by atoms with Gasteiger partial charge in [0.1, 0.15) is 0 Å². The molecule has 0 bridgehead atoms. The maximum atomic E-state index is 5.44. The fourth-order valence-corrected chi connectivity index (χ4v) is 1.52. The van der Waals surface area contributed by atoms with E-state index in [1.165, 1.54) is 0 Å². The van der Waals surface area contributed by atoms with Gasteiger partial charge in [0, 0.05) is 20.2 Å². The average Bonchev–Trinajstić information content (AvgIpc) is 2.52. The SMILES string of the molecule is C#CC(C)(C)N1CCC(OC)C1. The number of hydrogen-bond acceptors (Lipinski definition) is 2. The lowest BCUT2D eigenvalue weighted by molar-refractivity contribution is 0.0964. The molecule has 1 aliphatic heterocycles. The van der Waals surface area contributed by atoms with Crippen LogP contribution in [0.2, 0.25) is 0 Å². The monoisotopic (exact) mass is 167 g/mol. The molecule has 2 nitrogen and oxygen atoms in total. The lowest BCUT2D eigenvalue weighted by atomic mass is 10.1. The second kappa shape index (κ2) is 3.47. The molecule has 1 aliphatic rings. The van der Waals surface area contributed by atoms with Gasteiger partial charge in [-0.3, -0.25) is 4.90 Å². The van der Waals surface area contributed by atoms with E-state index in [9.17, 15) is 0 Å². The molecule has 12 heavy (non-hydrogen) atoms. The molecule has 0 aromatic heterocycles. The van der Waals surface area contributed by atoms with Gasteiger partial charge < -0.3 is 4.74 Å². The van der Waals surface area contributed by atoms with E-state index in [1.807, 2.05) is 0 Å². The van der Waals surface area contributed by atoms with Crippen molar-refractivity contribution in [2.45, 2.75) is 31.9 Å². The number of rotatable bonds is 2. The van der Waals surface area contributed by atoms with E-state index in [0.29, 0.717) is 6.10 Å². The molecule has 1 fully saturated rings. The zero-order valence-corrected chi connectivity index (χ0v) is 8.13. The zero-order chi connectivity index (χ0) is 9.19. The molecular weight excluding hydrogens is 150 g/mol. The van der Waals surface area contributed by atoms with Crippen LogP contribution in [0.25, 0.3) is 0 Å². The van der Waals surface area contributed by atoms with Crippen molar-refractivity contribution in [1.82, 2.24) is 4.90 Å². The van der Waals surface area contributed by atoms with Crippen molar-refractivity contribution < 1.29 is 4.74 Å². The number of hydrogen-bond donors (Lipinski definition) is 0. The molecule has 1 atom stereocenters. The Morgan fingerprint density at radius 3 is 2.67 bits per heavy atom. The summed E-state index contributed by atoms with van der Waals surface area (Å²) < 4.78 is 5.27. The highest BCUT2D eigenvalue weighted by Gasteiger charge is 2.31. The normalized spacial score (nSPS) is 25.7. The molecule has 0 aliphatic carbocycles. The van der Waals surface area contributed by atoms with Crippen LogP contribution in [0.4, 0.5) is 0 Å². The van der Waals surface area contributed by atoms with Crippen LogP contribution in [0.5, 0.6) is 0 Å². The van der Waals surface area contributed by atoms with Crippen LogP contribution in [0.1, 0.15) is 20.3 Å². The van der Waals surface area contributed by atoms with Gasteiger partial charge in [0.2, 0.25) is 0 Å². The molecule has 1 rings (SSSR count). The Kier molecular flexibility index (Phi) is 2.76. The second-order valence-corrected chi connectivity index (χ2v) is 3.80. The fourth-order valence-electron chi connectivity index (χ4n) is 1.52. The fraction of sp³-hybridized carbons (Fsp3) is 0.800. The number of methoxy groups -OCH3 is 1. The quantitative estimate of drug-likeness (QED) is 0.571. The minimum Gasteiger partial charge on any atom is -0.380 e. The van der Waals surface area contributed by atoms with E-state index >= 15 is 0 Å².